The van der Waals surface area contributed by atoms with E-state index >= 15 is 0 Å². The molecule has 2 heterocycles. The van der Waals surface area contributed by atoms with Crippen molar-refractivity contribution in [1.29, 1.82) is 5.26 Å². The van der Waals surface area contributed by atoms with E-state index in [9.17, 15) is 4.79 Å². The maximum atomic E-state index is 10.8. The van der Waals surface area contributed by atoms with Gasteiger partial charge >= 0.3 is 5.97 Å². The molecule has 1 aromatic heterocycles. The zero-order valence-electron chi connectivity index (χ0n) is 9.50. The molecule has 0 bridgehead atoms. The molecule has 0 amide bonds. The molecule has 2 rings (SSSR count). The first kappa shape index (κ1) is 11.4. The first-order valence-corrected chi connectivity index (χ1v) is 5.45. The van der Waals surface area contributed by atoms with Gasteiger partial charge in [0, 0.05) is 25.2 Å². The lowest BCUT2D eigenvalue weighted by atomic mass is 9.86. The Bertz CT molecular complexity index is 475. The van der Waals surface area contributed by atoms with Crippen molar-refractivity contribution in [2.75, 3.05) is 18.0 Å². The summed E-state index contributed by atoms with van der Waals surface area (Å²) < 4.78 is 0. The molecule has 5 nitrogen and oxygen atoms in total. The molecule has 1 atom stereocenters. The largest absolute Gasteiger partial charge is 0.481 e. The predicted molar refractivity (Wildman–Crippen MR) is 61.5 cm³/mol. The monoisotopic (exact) mass is 231 g/mol. The van der Waals surface area contributed by atoms with Crippen LogP contribution in [0, 0.1) is 23.2 Å². The van der Waals surface area contributed by atoms with Crippen LogP contribution in [-0.4, -0.2) is 29.1 Å². The molecule has 1 unspecified atom stereocenters. The minimum absolute atomic E-state index is 0.152. The molecule has 1 aliphatic rings. The fourth-order valence-corrected chi connectivity index (χ4v) is 1.96. The van der Waals surface area contributed by atoms with Crippen LogP contribution >= 0.6 is 0 Å². The third-order valence-corrected chi connectivity index (χ3v) is 3.27. The third kappa shape index (κ3) is 2.07. The number of nitrogens with zero attached hydrogens (tertiary/aromatic N) is 3. The lowest BCUT2D eigenvalue weighted by Crippen LogP contribution is -2.51. The average Bonchev–Trinajstić information content (AvgIpc) is 2.27. The first-order chi connectivity index (χ1) is 8.13. The summed E-state index contributed by atoms with van der Waals surface area (Å²) in [5.74, 6) is -0.950. The third-order valence-electron chi connectivity index (χ3n) is 3.27. The highest BCUT2D eigenvalue weighted by atomic mass is 16.4. The second-order valence-electron chi connectivity index (χ2n) is 4.30. The zero-order chi connectivity index (χ0) is 12.4. The van der Waals surface area contributed by atoms with Crippen LogP contribution in [0.5, 0.6) is 0 Å². The Morgan fingerprint density at radius 2 is 2.41 bits per heavy atom. The van der Waals surface area contributed by atoms with Crippen LogP contribution in [0.15, 0.2) is 18.5 Å². The first-order valence-electron chi connectivity index (χ1n) is 5.45. The van der Waals surface area contributed by atoms with Crippen LogP contribution < -0.4 is 4.90 Å². The van der Waals surface area contributed by atoms with Gasteiger partial charge < -0.3 is 10.0 Å². The summed E-state index contributed by atoms with van der Waals surface area (Å²) in [6, 6.07) is 3.78. The lowest BCUT2D eigenvalue weighted by molar-refractivity contribution is -0.143. The van der Waals surface area contributed by atoms with Crippen LogP contribution in [0.1, 0.15) is 12.5 Å². The molecule has 0 aromatic carbocycles. The summed E-state index contributed by atoms with van der Waals surface area (Å²) >= 11 is 0. The molecule has 5 heteroatoms. The van der Waals surface area contributed by atoms with Crippen molar-refractivity contribution in [2.24, 2.45) is 11.8 Å². The summed E-state index contributed by atoms with van der Waals surface area (Å²) in [6.07, 6.45) is 3.24. The molecule has 0 radical (unpaired) electrons. The van der Waals surface area contributed by atoms with Gasteiger partial charge in [0.2, 0.25) is 0 Å². The van der Waals surface area contributed by atoms with E-state index in [1.165, 1.54) is 0 Å². The number of hydrogen-bond donors (Lipinski definition) is 1. The number of carboxylic acid groups (broad SMARTS) is 1. The molecular formula is C12H13N3O2. The molecule has 1 saturated heterocycles. The van der Waals surface area contributed by atoms with E-state index in [0.29, 0.717) is 18.7 Å². The number of pyridine rings is 1. The highest BCUT2D eigenvalue weighted by Gasteiger charge is 2.35. The molecule has 0 aliphatic carbocycles. The van der Waals surface area contributed by atoms with Gasteiger partial charge in [0.1, 0.15) is 6.07 Å². The Morgan fingerprint density at radius 3 is 3.00 bits per heavy atom. The summed E-state index contributed by atoms with van der Waals surface area (Å²) in [4.78, 5) is 16.8. The molecular weight excluding hydrogens is 218 g/mol. The number of aliphatic carboxylic acids is 1. The molecule has 88 valence electrons. The summed E-state index contributed by atoms with van der Waals surface area (Å²) in [7, 11) is 0. The number of carboxylic acids is 1. The van der Waals surface area contributed by atoms with Crippen LogP contribution in [0.4, 0.5) is 5.69 Å². The second kappa shape index (κ2) is 4.42. The topological polar surface area (TPSA) is 77.2 Å². The van der Waals surface area contributed by atoms with E-state index in [1.807, 2.05) is 4.90 Å². The van der Waals surface area contributed by atoms with Crippen LogP contribution in [0.25, 0.3) is 0 Å². The van der Waals surface area contributed by atoms with Crippen LogP contribution in [0.2, 0.25) is 0 Å². The Kier molecular flexibility index (Phi) is 2.96. The van der Waals surface area contributed by atoms with Crippen molar-refractivity contribution in [3.63, 3.8) is 0 Å². The second-order valence-corrected chi connectivity index (χ2v) is 4.30. The summed E-state index contributed by atoms with van der Waals surface area (Å²) in [6.45, 7) is 3.07. The number of nitriles is 1. The minimum Gasteiger partial charge on any atom is -0.481 e. The number of carbonyl (C=O) groups is 1. The van der Waals surface area contributed by atoms with E-state index in [4.69, 9.17) is 10.4 Å². The van der Waals surface area contributed by atoms with Crippen molar-refractivity contribution in [3.8, 4) is 6.07 Å². The fourth-order valence-electron chi connectivity index (χ4n) is 1.96. The van der Waals surface area contributed by atoms with E-state index in [0.717, 1.165) is 5.69 Å². The van der Waals surface area contributed by atoms with Crippen molar-refractivity contribution in [3.05, 3.63) is 24.0 Å². The van der Waals surface area contributed by atoms with Gasteiger partial charge in [-0.3, -0.25) is 9.78 Å². The minimum atomic E-state index is -0.763. The molecule has 0 saturated carbocycles. The lowest BCUT2D eigenvalue weighted by Gasteiger charge is -2.42. The highest BCUT2D eigenvalue weighted by molar-refractivity contribution is 5.71. The Labute approximate surface area is 99.3 Å². The maximum Gasteiger partial charge on any atom is 0.306 e. The molecule has 1 N–H and O–H groups in total. The number of hydrogen-bond acceptors (Lipinski definition) is 4. The Balaban J connectivity index is 2.05. The summed E-state index contributed by atoms with van der Waals surface area (Å²) in [5, 5.41) is 17.8. The van der Waals surface area contributed by atoms with E-state index in [-0.39, 0.29) is 11.8 Å². The van der Waals surface area contributed by atoms with Gasteiger partial charge in [0.15, 0.2) is 0 Å². The van der Waals surface area contributed by atoms with Crippen LogP contribution in [-0.2, 0) is 4.79 Å². The standard InChI is InChI=1S/C12H13N3O2/c1-8(12(16)17)10-6-15(7-10)11-5-14-3-2-9(11)4-13/h2-3,5,8,10H,6-7H2,1H3,(H,16,17). The van der Waals surface area contributed by atoms with E-state index in [1.54, 1.807) is 25.4 Å². The van der Waals surface area contributed by atoms with Gasteiger partial charge in [0.25, 0.3) is 0 Å². The Morgan fingerprint density at radius 1 is 1.71 bits per heavy atom. The SMILES string of the molecule is CC(C(=O)O)C1CN(c2cnccc2C#N)C1. The number of aromatic nitrogens is 1. The molecule has 1 aliphatic heterocycles. The highest BCUT2D eigenvalue weighted by Crippen LogP contribution is 2.30. The smallest absolute Gasteiger partial charge is 0.306 e. The van der Waals surface area contributed by atoms with Crippen molar-refractivity contribution < 1.29 is 9.90 Å². The van der Waals surface area contributed by atoms with E-state index in [2.05, 4.69) is 11.1 Å². The fraction of sp³-hybridized carbons (Fsp3) is 0.417. The normalized spacial score (nSPS) is 17.1. The van der Waals surface area contributed by atoms with Crippen LogP contribution in [0.3, 0.4) is 0 Å². The molecule has 1 fully saturated rings. The zero-order valence-corrected chi connectivity index (χ0v) is 9.50. The van der Waals surface area contributed by atoms with Gasteiger partial charge in [-0.05, 0) is 6.07 Å². The molecule has 1 aromatic rings. The van der Waals surface area contributed by atoms with Gasteiger partial charge in [-0.2, -0.15) is 5.26 Å². The van der Waals surface area contributed by atoms with Gasteiger partial charge in [0.05, 0.1) is 23.4 Å². The summed E-state index contributed by atoms with van der Waals surface area (Å²) in [5.41, 5.74) is 1.38. The van der Waals surface area contributed by atoms with Gasteiger partial charge in [-0.25, -0.2) is 0 Å². The Hall–Kier alpha value is -2.09. The number of anilines is 1. The average molecular weight is 231 g/mol. The molecule has 0 spiro atoms. The van der Waals surface area contributed by atoms with Crippen molar-refractivity contribution >= 4 is 11.7 Å². The van der Waals surface area contributed by atoms with Gasteiger partial charge in [-0.15, -0.1) is 0 Å². The van der Waals surface area contributed by atoms with Crippen molar-refractivity contribution in [1.82, 2.24) is 4.98 Å². The maximum absolute atomic E-state index is 10.8. The van der Waals surface area contributed by atoms with Gasteiger partial charge in [-0.1, -0.05) is 6.92 Å². The number of rotatable bonds is 3. The quantitative estimate of drug-likeness (QED) is 0.843. The van der Waals surface area contributed by atoms with E-state index < -0.39 is 5.97 Å². The molecule has 17 heavy (non-hydrogen) atoms. The van der Waals surface area contributed by atoms with Crippen molar-refractivity contribution in [2.45, 2.75) is 6.92 Å². The predicted octanol–water partition coefficient (Wildman–Crippen LogP) is 1.11.